The molecule has 0 radical (unpaired) electrons. The molecular formula is C54H64N10O8. The van der Waals surface area contributed by atoms with Crippen LogP contribution in [0.2, 0.25) is 0 Å². The van der Waals surface area contributed by atoms with Crippen LogP contribution in [-0.2, 0) is 42.3 Å². The minimum atomic E-state index is -0.988. The Morgan fingerprint density at radius 1 is 0.403 bits per heavy atom. The van der Waals surface area contributed by atoms with E-state index in [1.54, 1.807) is 73.7 Å². The average molecular weight is 981 g/mol. The van der Waals surface area contributed by atoms with Gasteiger partial charge in [-0.05, 0) is 65.8 Å². The third-order valence-corrected chi connectivity index (χ3v) is 10.7. The highest BCUT2D eigenvalue weighted by Gasteiger charge is 2.13. The predicted molar refractivity (Wildman–Crippen MR) is 286 cm³/mol. The number of carboxylic acid groups (broad SMARTS) is 2. The molecule has 72 heavy (non-hydrogen) atoms. The summed E-state index contributed by atoms with van der Waals surface area (Å²) in [5.74, 6) is -1.98. The van der Waals surface area contributed by atoms with Crippen molar-refractivity contribution in [2.45, 2.75) is 41.5 Å². The number of benzene rings is 5. The third kappa shape index (κ3) is 16.0. The van der Waals surface area contributed by atoms with Gasteiger partial charge < -0.3 is 30.8 Å². The van der Waals surface area contributed by atoms with Crippen molar-refractivity contribution in [2.24, 2.45) is 42.3 Å². The lowest BCUT2D eigenvalue weighted by Crippen LogP contribution is -2.37. The molecule has 9 rings (SSSR count). The number of nitrogens with zero attached hydrogens (tertiary/aromatic N) is 8. The highest BCUT2D eigenvalue weighted by Crippen LogP contribution is 2.10. The number of aromatic carboxylic acids is 2. The molecule has 0 aliphatic rings. The second-order valence-corrected chi connectivity index (χ2v) is 16.7. The van der Waals surface area contributed by atoms with E-state index in [9.17, 15) is 28.8 Å². The third-order valence-electron chi connectivity index (χ3n) is 10.7. The first-order valence-electron chi connectivity index (χ1n) is 22.3. The largest absolute Gasteiger partial charge is 0.478 e. The van der Waals surface area contributed by atoms with Crippen LogP contribution < -0.4 is 34.0 Å². The summed E-state index contributed by atoms with van der Waals surface area (Å²) in [5.41, 5.74) is 19.9. The molecule has 0 fully saturated rings. The van der Waals surface area contributed by atoms with Gasteiger partial charge in [-0.3, -0.25) is 27.9 Å². The maximum atomic E-state index is 11.7. The minimum absolute atomic E-state index is 0.155. The average Bonchev–Trinajstić information content (AvgIpc) is 3.95. The van der Waals surface area contributed by atoms with E-state index in [1.165, 1.54) is 81.4 Å². The number of rotatable bonds is 2. The second-order valence-electron chi connectivity index (χ2n) is 16.7. The zero-order valence-corrected chi connectivity index (χ0v) is 42.8. The first-order chi connectivity index (χ1) is 33.9. The van der Waals surface area contributed by atoms with E-state index in [2.05, 4.69) is 124 Å². The molecule has 5 aromatic carbocycles. The molecule has 0 aliphatic heterocycles. The van der Waals surface area contributed by atoms with Gasteiger partial charge in [0.15, 0.2) is 22.3 Å². The van der Waals surface area contributed by atoms with Crippen molar-refractivity contribution in [3.05, 3.63) is 220 Å². The number of aryl methyl sites for hydroxylation is 10. The second kappa shape index (κ2) is 26.6. The lowest BCUT2D eigenvalue weighted by Gasteiger charge is -2.02. The standard InChI is InChI=1S/2C8H10N4O2.3C8H10.2C7H7NO2/c2*1-10-4-9-6-5(10)7(13)12(3)8(14)11(6)2;3*1-7-3-5-8(2)6-4-7;2*8-6-4-2-1-3-5(6)7(9)10/h2*4H,1-3H3;3*3-6H,1-2H3;2*1-4H,8H2,(H,9,10). The molecule has 4 heterocycles. The molecule has 0 unspecified atom stereocenters. The summed E-state index contributed by atoms with van der Waals surface area (Å²) in [6, 6.07) is 38.2. The molecule has 0 saturated carbocycles. The summed E-state index contributed by atoms with van der Waals surface area (Å²) in [6.45, 7) is 12.6. The number of anilines is 2. The fourth-order valence-electron chi connectivity index (χ4n) is 6.24. The van der Waals surface area contributed by atoms with Crippen LogP contribution >= 0.6 is 0 Å². The van der Waals surface area contributed by atoms with Gasteiger partial charge in [-0.25, -0.2) is 29.1 Å². The van der Waals surface area contributed by atoms with E-state index in [0.717, 1.165) is 9.13 Å². The number of fused-ring (bicyclic) bond motifs is 2. The molecule has 0 bridgehead atoms. The molecule has 0 spiro atoms. The normalized spacial score (nSPS) is 9.94. The lowest BCUT2D eigenvalue weighted by molar-refractivity contribution is 0.0687. The summed E-state index contributed by atoms with van der Waals surface area (Å²) in [4.78, 5) is 75.0. The number of hydrogen-bond donors (Lipinski definition) is 4. The van der Waals surface area contributed by atoms with Crippen LogP contribution in [0.15, 0.2) is 153 Å². The van der Waals surface area contributed by atoms with Crippen molar-refractivity contribution in [3.63, 3.8) is 0 Å². The molecular weight excluding hydrogens is 917 g/mol. The Labute approximate surface area is 417 Å². The van der Waals surface area contributed by atoms with Crippen LogP contribution in [-0.4, -0.2) is 59.5 Å². The van der Waals surface area contributed by atoms with Crippen LogP contribution in [0.25, 0.3) is 22.3 Å². The smallest absolute Gasteiger partial charge is 0.337 e. The zero-order valence-electron chi connectivity index (χ0n) is 42.8. The van der Waals surface area contributed by atoms with Crippen molar-refractivity contribution in [1.82, 2.24) is 37.4 Å². The zero-order chi connectivity index (χ0) is 54.0. The van der Waals surface area contributed by atoms with E-state index in [4.69, 9.17) is 21.7 Å². The van der Waals surface area contributed by atoms with Gasteiger partial charge >= 0.3 is 23.3 Å². The van der Waals surface area contributed by atoms with Gasteiger partial charge in [-0.1, -0.05) is 130 Å². The van der Waals surface area contributed by atoms with Crippen molar-refractivity contribution < 1.29 is 19.8 Å². The number of nitrogens with two attached hydrogens (primary N) is 2. The number of aromatic nitrogens is 8. The molecule has 0 atom stereocenters. The monoisotopic (exact) mass is 980 g/mol. The van der Waals surface area contributed by atoms with E-state index in [1.807, 2.05) is 0 Å². The molecule has 18 heteroatoms. The molecule has 0 aliphatic carbocycles. The maximum absolute atomic E-state index is 11.7. The SMILES string of the molecule is Cc1ccc(C)cc1.Cc1ccc(C)cc1.Cc1ccc(C)cc1.Cn1c(=O)c2c(ncn2C)n(C)c1=O.Cn1c(=O)c2c(ncn2C)n(C)c1=O.Nc1ccccc1C(=O)O.Nc1ccccc1C(=O)O. The topological polar surface area (TPSA) is 250 Å². The summed E-state index contributed by atoms with van der Waals surface area (Å²) >= 11 is 0. The number of imidazole rings is 2. The number of carboxylic acids is 2. The Morgan fingerprint density at radius 3 is 0.847 bits per heavy atom. The quantitative estimate of drug-likeness (QED) is 0.131. The Balaban J connectivity index is 0.000000225. The number of hydrogen-bond acceptors (Lipinski definition) is 10. The van der Waals surface area contributed by atoms with E-state index >= 15 is 0 Å². The molecule has 9 aromatic rings. The summed E-state index contributed by atoms with van der Waals surface area (Å²) < 4.78 is 8.08. The van der Waals surface area contributed by atoms with Crippen LogP contribution in [0.3, 0.4) is 0 Å². The molecule has 0 amide bonds. The lowest BCUT2D eigenvalue weighted by atomic mass is 10.2. The number of carbonyl (C=O) groups is 2. The van der Waals surface area contributed by atoms with Gasteiger partial charge in [-0.2, -0.15) is 0 Å². The minimum Gasteiger partial charge on any atom is -0.478 e. The Hall–Kier alpha value is -9.06. The van der Waals surface area contributed by atoms with Crippen molar-refractivity contribution >= 4 is 45.6 Å². The molecule has 378 valence electrons. The van der Waals surface area contributed by atoms with E-state index in [0.29, 0.717) is 33.7 Å². The van der Waals surface area contributed by atoms with Crippen LogP contribution in [0.4, 0.5) is 11.4 Å². The maximum Gasteiger partial charge on any atom is 0.337 e. The van der Waals surface area contributed by atoms with Gasteiger partial charge in [0.2, 0.25) is 0 Å². The Kier molecular flexibility index (Phi) is 21.2. The highest BCUT2D eigenvalue weighted by molar-refractivity contribution is 5.94. The van der Waals surface area contributed by atoms with E-state index in [-0.39, 0.29) is 33.6 Å². The fraction of sp³-hybridized carbons (Fsp3) is 0.222. The Morgan fingerprint density at radius 2 is 0.639 bits per heavy atom. The number of nitrogen functional groups attached to an aromatic ring is 2. The van der Waals surface area contributed by atoms with Crippen molar-refractivity contribution in [2.75, 3.05) is 11.5 Å². The van der Waals surface area contributed by atoms with Gasteiger partial charge in [0.25, 0.3) is 11.1 Å². The summed E-state index contributed by atoms with van der Waals surface area (Å²) in [5, 5.41) is 17.0. The Bertz CT molecular complexity index is 3160. The van der Waals surface area contributed by atoms with Crippen LogP contribution in [0.5, 0.6) is 0 Å². The van der Waals surface area contributed by atoms with E-state index < -0.39 is 11.9 Å². The number of para-hydroxylation sites is 2. The first kappa shape index (κ1) is 57.3. The predicted octanol–water partition coefficient (Wildman–Crippen LogP) is 6.79. The van der Waals surface area contributed by atoms with Gasteiger partial charge in [-0.15, -0.1) is 0 Å². The van der Waals surface area contributed by atoms with Crippen LogP contribution in [0, 0.1) is 41.5 Å². The fourth-order valence-corrected chi connectivity index (χ4v) is 6.24. The molecule has 4 aromatic heterocycles. The summed E-state index contributed by atoms with van der Waals surface area (Å²) in [7, 11) is 9.55. The first-order valence-corrected chi connectivity index (χ1v) is 22.3. The van der Waals surface area contributed by atoms with Crippen LogP contribution in [0.1, 0.15) is 54.1 Å². The van der Waals surface area contributed by atoms with Crippen molar-refractivity contribution in [1.29, 1.82) is 0 Å². The molecule has 0 saturated heterocycles. The van der Waals surface area contributed by atoms with Gasteiger partial charge in [0, 0.05) is 53.7 Å². The molecule has 18 nitrogen and oxygen atoms in total. The van der Waals surface area contributed by atoms with Crippen molar-refractivity contribution in [3.8, 4) is 0 Å². The van der Waals surface area contributed by atoms with Gasteiger partial charge in [0.1, 0.15) is 0 Å². The summed E-state index contributed by atoms with van der Waals surface area (Å²) in [6.07, 6.45) is 3.04. The highest BCUT2D eigenvalue weighted by atomic mass is 16.4. The molecule has 6 N–H and O–H groups in total. The van der Waals surface area contributed by atoms with Gasteiger partial charge in [0.05, 0.1) is 23.8 Å².